The quantitative estimate of drug-likeness (QED) is 0.123. The molecule has 5 heterocycles. The second kappa shape index (κ2) is 16.7. The average molecular weight is 814 g/mol. The normalized spacial score (nSPS) is 15.9. The van der Waals surface area contributed by atoms with Crippen molar-refractivity contribution in [3.63, 3.8) is 0 Å². The summed E-state index contributed by atoms with van der Waals surface area (Å²) in [7, 11) is 3.68. The topological polar surface area (TPSA) is 167 Å². The van der Waals surface area contributed by atoms with Gasteiger partial charge in [-0.15, -0.1) is 0 Å². The number of carbonyl (C=O) groups is 4. The van der Waals surface area contributed by atoms with Crippen LogP contribution in [0.15, 0.2) is 85.2 Å². The van der Waals surface area contributed by atoms with E-state index in [9.17, 15) is 19.2 Å². The second-order valence-corrected chi connectivity index (χ2v) is 15.6. The molecule has 8 rings (SSSR count). The number of carbonyl (C=O) groups excluding carboxylic acids is 4. The summed E-state index contributed by atoms with van der Waals surface area (Å²) in [6.07, 6.45) is 6.16. The number of imide groups is 1. The van der Waals surface area contributed by atoms with Gasteiger partial charge in [0.15, 0.2) is 11.4 Å². The summed E-state index contributed by atoms with van der Waals surface area (Å²) in [5.74, 6) is 0.748. The van der Waals surface area contributed by atoms with E-state index in [0.717, 1.165) is 54.0 Å². The van der Waals surface area contributed by atoms with Gasteiger partial charge in [0.2, 0.25) is 11.8 Å². The van der Waals surface area contributed by atoms with Crippen LogP contribution in [0.4, 0.5) is 5.69 Å². The molecular weight excluding hydrogens is 770 g/mol. The number of rotatable bonds is 11. The van der Waals surface area contributed by atoms with Crippen LogP contribution in [0.1, 0.15) is 69.1 Å². The molecule has 0 aliphatic carbocycles. The van der Waals surface area contributed by atoms with E-state index in [4.69, 9.17) is 16.3 Å². The smallest absolute Gasteiger partial charge is 0.253 e. The molecule has 4 amide bonds. The van der Waals surface area contributed by atoms with Crippen molar-refractivity contribution in [2.24, 2.45) is 13.0 Å². The van der Waals surface area contributed by atoms with Crippen molar-refractivity contribution in [1.29, 1.82) is 0 Å². The number of fused-ring (bicyclic) bond motifs is 1. The van der Waals surface area contributed by atoms with Crippen molar-refractivity contribution in [2.45, 2.75) is 45.1 Å². The minimum Gasteiger partial charge on any atom is -0.453 e. The molecule has 2 saturated heterocycles. The molecule has 15 heteroatoms. The predicted octanol–water partition coefficient (Wildman–Crippen LogP) is 6.55. The molecule has 0 radical (unpaired) electrons. The number of nitrogens with one attached hydrogen (secondary N) is 3. The number of aromatic nitrogens is 5. The van der Waals surface area contributed by atoms with Gasteiger partial charge < -0.3 is 24.8 Å². The third-order valence-electron chi connectivity index (χ3n) is 11.1. The van der Waals surface area contributed by atoms with Crippen molar-refractivity contribution in [3.05, 3.63) is 118 Å². The lowest BCUT2D eigenvalue weighted by Crippen LogP contribution is -2.40. The molecule has 3 N–H and O–H groups in total. The summed E-state index contributed by atoms with van der Waals surface area (Å²) in [5, 5.41) is 10.1. The Morgan fingerprint density at radius 1 is 1.00 bits per heavy atom. The highest BCUT2D eigenvalue weighted by molar-refractivity contribution is 6.32. The van der Waals surface area contributed by atoms with Gasteiger partial charge in [0.05, 0.1) is 23.4 Å². The number of pyridine rings is 1. The van der Waals surface area contributed by atoms with Crippen molar-refractivity contribution in [2.75, 3.05) is 31.6 Å². The van der Waals surface area contributed by atoms with Crippen molar-refractivity contribution < 1.29 is 23.9 Å². The Hall–Kier alpha value is -6.54. The lowest BCUT2D eigenvalue weighted by atomic mass is 9.90. The van der Waals surface area contributed by atoms with E-state index in [1.165, 1.54) is 6.20 Å². The number of hydrogen-bond acceptors (Lipinski definition) is 9. The number of imidazole rings is 1. The molecule has 3 aromatic heterocycles. The molecule has 2 aliphatic rings. The fourth-order valence-electron chi connectivity index (χ4n) is 7.86. The molecule has 0 saturated carbocycles. The van der Waals surface area contributed by atoms with Gasteiger partial charge >= 0.3 is 0 Å². The van der Waals surface area contributed by atoms with Crippen LogP contribution in [0.5, 0.6) is 11.5 Å². The summed E-state index contributed by atoms with van der Waals surface area (Å²) in [6.45, 7) is 4.54. The first-order chi connectivity index (χ1) is 28.5. The van der Waals surface area contributed by atoms with Gasteiger partial charge in [-0.05, 0) is 91.8 Å². The number of anilines is 1. The molecule has 0 bridgehead atoms. The Morgan fingerprint density at radius 3 is 2.47 bits per heavy atom. The van der Waals surface area contributed by atoms with Crippen molar-refractivity contribution >= 4 is 52.1 Å². The van der Waals surface area contributed by atoms with E-state index in [-0.39, 0.29) is 36.1 Å². The number of aryl methyl sites for hydroxylation is 2. The zero-order valence-electron chi connectivity index (χ0n) is 33.0. The van der Waals surface area contributed by atoms with E-state index in [2.05, 4.69) is 47.7 Å². The number of ether oxygens (including phenoxy) is 1. The SMILES string of the molecule is Cc1nn(C)cc1-c1nc2ncc(Cl)c(Oc3ccc(C(=O)NCc4cccc(C(=O)N(C)CC5CCN(c6ccc([C@@H]7CCC(=O)NC7=O)cc6)CC5)c4)cc3)c2[nH]1. The van der Waals surface area contributed by atoms with Crippen LogP contribution in [-0.4, -0.2) is 79.9 Å². The Kier molecular flexibility index (Phi) is 11.2. The standard InChI is InChI=1S/C44H44ClN9O5/c1-26-35(25-53(3)51-26)40-49-38-39(36(45)23-46-41(38)50-40)59-33-13-9-30(10-14-33)42(56)47-22-28-5-4-6-31(21-28)44(58)52(2)24-27-17-19-54(20-18-27)32-11-7-29(8-12-32)34-15-16-37(55)48-43(34)57/h4-14,21,23,25,27,34H,15-20,22,24H2,1-3H3,(H,47,56)(H,46,49,50)(H,48,55,57)/t34-/m0/s1. The highest BCUT2D eigenvalue weighted by Gasteiger charge is 2.29. The Labute approximate surface area is 345 Å². The molecule has 59 heavy (non-hydrogen) atoms. The van der Waals surface area contributed by atoms with Crippen LogP contribution in [0.2, 0.25) is 5.02 Å². The summed E-state index contributed by atoms with van der Waals surface area (Å²) in [6, 6.07) is 22.2. The third-order valence-corrected chi connectivity index (χ3v) is 11.3. The number of hydrogen-bond donors (Lipinski definition) is 3. The monoisotopic (exact) mass is 813 g/mol. The molecule has 0 unspecified atom stereocenters. The van der Waals surface area contributed by atoms with Gasteiger partial charge in [-0.3, -0.25) is 29.2 Å². The maximum Gasteiger partial charge on any atom is 0.253 e. The molecule has 2 fully saturated rings. The number of piperidine rings is 2. The van der Waals surface area contributed by atoms with Gasteiger partial charge in [0.25, 0.3) is 11.8 Å². The number of nitrogens with zero attached hydrogens (tertiary/aromatic N) is 6. The first kappa shape index (κ1) is 39.3. The van der Waals surface area contributed by atoms with E-state index >= 15 is 0 Å². The second-order valence-electron chi connectivity index (χ2n) is 15.2. The van der Waals surface area contributed by atoms with Crippen LogP contribution in [-0.2, 0) is 23.2 Å². The zero-order chi connectivity index (χ0) is 41.2. The minimum atomic E-state index is -0.292. The Balaban J connectivity index is 0.818. The third kappa shape index (κ3) is 8.68. The number of amides is 4. The van der Waals surface area contributed by atoms with E-state index in [1.807, 2.05) is 57.5 Å². The van der Waals surface area contributed by atoms with Gasteiger partial charge in [-0.1, -0.05) is 35.9 Å². The molecular formula is C44H44ClN9O5. The molecule has 3 aromatic carbocycles. The van der Waals surface area contributed by atoms with Gasteiger partial charge in [0.1, 0.15) is 22.1 Å². The Morgan fingerprint density at radius 2 is 1.76 bits per heavy atom. The average Bonchev–Trinajstić information content (AvgIpc) is 3.83. The predicted molar refractivity (Wildman–Crippen MR) is 223 cm³/mol. The highest BCUT2D eigenvalue weighted by Crippen LogP contribution is 2.36. The summed E-state index contributed by atoms with van der Waals surface area (Å²) < 4.78 is 7.89. The summed E-state index contributed by atoms with van der Waals surface area (Å²) in [5.41, 5.74) is 6.50. The van der Waals surface area contributed by atoms with E-state index in [0.29, 0.717) is 69.9 Å². The molecule has 2 aliphatic heterocycles. The van der Waals surface area contributed by atoms with Crippen molar-refractivity contribution in [3.8, 4) is 22.9 Å². The lowest BCUT2D eigenvalue weighted by Gasteiger charge is -2.35. The fourth-order valence-corrected chi connectivity index (χ4v) is 8.04. The van der Waals surface area contributed by atoms with Gasteiger partial charge in [-0.25, -0.2) is 9.97 Å². The number of H-pyrrole nitrogens is 1. The van der Waals surface area contributed by atoms with Crippen LogP contribution < -0.4 is 20.3 Å². The fraction of sp³-hybridized carbons (Fsp3) is 0.295. The van der Waals surface area contributed by atoms with E-state index in [1.54, 1.807) is 39.9 Å². The maximum absolute atomic E-state index is 13.5. The maximum atomic E-state index is 13.5. The number of aromatic amines is 1. The van der Waals surface area contributed by atoms with Crippen LogP contribution in [0.3, 0.4) is 0 Å². The first-order valence-electron chi connectivity index (χ1n) is 19.6. The zero-order valence-corrected chi connectivity index (χ0v) is 33.8. The van der Waals surface area contributed by atoms with E-state index < -0.39 is 0 Å². The van der Waals surface area contributed by atoms with Crippen LogP contribution in [0.25, 0.3) is 22.6 Å². The summed E-state index contributed by atoms with van der Waals surface area (Å²) >= 11 is 6.51. The highest BCUT2D eigenvalue weighted by atomic mass is 35.5. The molecule has 302 valence electrons. The number of benzene rings is 3. The first-order valence-corrected chi connectivity index (χ1v) is 20.0. The Bertz CT molecular complexity index is 2540. The minimum absolute atomic E-state index is 0.0645. The van der Waals surface area contributed by atoms with Gasteiger partial charge in [-0.2, -0.15) is 5.10 Å². The van der Waals surface area contributed by atoms with Gasteiger partial charge in [0, 0.05) is 69.7 Å². The van der Waals surface area contributed by atoms with Crippen LogP contribution in [0, 0.1) is 12.8 Å². The molecule has 14 nitrogen and oxygen atoms in total. The summed E-state index contributed by atoms with van der Waals surface area (Å²) in [4.78, 5) is 66.8. The molecule has 1 atom stereocenters. The van der Waals surface area contributed by atoms with Crippen molar-refractivity contribution in [1.82, 2.24) is 40.3 Å². The number of halogens is 1. The lowest BCUT2D eigenvalue weighted by molar-refractivity contribution is -0.134. The largest absolute Gasteiger partial charge is 0.453 e. The molecule has 6 aromatic rings. The van der Waals surface area contributed by atoms with Crippen LogP contribution >= 0.6 is 11.6 Å². The molecule has 0 spiro atoms.